The summed E-state index contributed by atoms with van der Waals surface area (Å²) >= 11 is 0. The molecule has 23 heteroatoms. The highest BCUT2D eigenvalue weighted by molar-refractivity contribution is 7.33. The van der Waals surface area contributed by atoms with Crippen LogP contribution >= 0.6 is 8.25 Å². The number of nitrogens with one attached hydrogen (secondary N) is 2. The Hall–Kier alpha value is -3.06. The summed E-state index contributed by atoms with van der Waals surface area (Å²) in [5, 5.41) is 59.3. The Bertz CT molecular complexity index is 1560. The first-order valence-corrected chi connectivity index (χ1v) is 13.1. The lowest BCUT2D eigenvalue weighted by molar-refractivity contribution is -0.380. The van der Waals surface area contributed by atoms with Crippen molar-refractivity contribution >= 4 is 8.25 Å². The molecule has 0 amide bonds. The molecule has 2 aliphatic rings. The van der Waals surface area contributed by atoms with Gasteiger partial charge in [-0.15, -0.1) is 0 Å². The van der Waals surface area contributed by atoms with Crippen LogP contribution in [0.2, 0.25) is 0 Å². The maximum Gasteiger partial charge on any atom is 0.703 e. The molecule has 4 rings (SSSR count). The average molecular weight is 641 g/mol. The largest absolute Gasteiger partial charge is 0.703 e. The number of aryl methyl sites for hydroxylation is 2. The average Bonchev–Trinajstić information content (AvgIpc) is 3.47. The van der Waals surface area contributed by atoms with E-state index < -0.39 is 92.4 Å². The second-order valence-electron chi connectivity index (χ2n) is 9.36. The van der Waals surface area contributed by atoms with Crippen LogP contribution < -0.4 is 22.5 Å². The van der Waals surface area contributed by atoms with Crippen LogP contribution in [0.5, 0.6) is 0 Å². The molecule has 0 bridgehead atoms. The van der Waals surface area contributed by atoms with Crippen LogP contribution in [0.15, 0.2) is 31.6 Å². The van der Waals surface area contributed by atoms with Crippen LogP contribution in [0, 0.1) is 13.8 Å². The molecule has 2 aliphatic heterocycles. The van der Waals surface area contributed by atoms with Gasteiger partial charge >= 0.3 is 19.6 Å². The van der Waals surface area contributed by atoms with Crippen molar-refractivity contribution < 1.29 is 68.8 Å². The Labute approximate surface area is 237 Å². The predicted molar refractivity (Wildman–Crippen MR) is 130 cm³/mol. The Morgan fingerprint density at radius 1 is 0.814 bits per heavy atom. The van der Waals surface area contributed by atoms with Gasteiger partial charge in [-0.3, -0.25) is 39.2 Å². The lowest BCUT2D eigenvalue weighted by Gasteiger charge is -2.20. The maximum absolute atomic E-state index is 12.6. The van der Waals surface area contributed by atoms with E-state index in [1.165, 1.54) is 13.8 Å². The van der Waals surface area contributed by atoms with E-state index in [4.69, 9.17) is 18.5 Å². The number of aliphatic hydroxyl groups is 3. The lowest BCUT2D eigenvalue weighted by atomic mass is 10.1. The highest BCUT2D eigenvalue weighted by Crippen LogP contribution is 2.40. The lowest BCUT2D eigenvalue weighted by Crippen LogP contribution is -2.43. The molecule has 238 valence electrons. The number of hydrogen-bond acceptors (Lipinski definition) is 18. The van der Waals surface area contributed by atoms with Crippen molar-refractivity contribution in [1.29, 1.82) is 0 Å². The highest BCUT2D eigenvalue weighted by atomic mass is 31.1. The number of ether oxygens (including phenoxy) is 2. The van der Waals surface area contributed by atoms with Crippen molar-refractivity contribution in [1.82, 2.24) is 19.1 Å². The molecule has 7 unspecified atom stereocenters. The zero-order valence-electron chi connectivity index (χ0n) is 21.9. The molecule has 22 nitrogen and oxygen atoms in total. The van der Waals surface area contributed by atoms with Crippen LogP contribution in [0.1, 0.15) is 23.6 Å². The first-order valence-electron chi connectivity index (χ1n) is 12.0. The van der Waals surface area contributed by atoms with E-state index >= 15 is 0 Å². The SMILES string of the molecule is Cc1cn([C@@H]2O[C@H](C(O)O[P+](=O)OC(OO)[C@H]3O[C@@H](n4cc(C)c(=O)[nH]c4=O)C(OO)C3OO)C(O)C2O)c(=O)[nH]c1=O. The second-order valence-corrected chi connectivity index (χ2v) is 10.2. The molecule has 2 aromatic heterocycles. The summed E-state index contributed by atoms with van der Waals surface area (Å²) in [6.45, 7) is 2.68. The van der Waals surface area contributed by atoms with E-state index in [1.54, 1.807) is 0 Å². The molecule has 0 radical (unpaired) electrons. The summed E-state index contributed by atoms with van der Waals surface area (Å²) in [6.07, 6.45) is -16.8. The van der Waals surface area contributed by atoms with Crippen molar-refractivity contribution in [2.45, 2.75) is 75.5 Å². The van der Waals surface area contributed by atoms with E-state index in [1.807, 2.05) is 9.97 Å². The minimum Gasteiger partial charge on any atom is -0.387 e. The zero-order valence-corrected chi connectivity index (χ0v) is 22.7. The van der Waals surface area contributed by atoms with E-state index in [0.717, 1.165) is 21.5 Å². The fraction of sp³-hybridized carbons (Fsp3) is 0.600. The minimum absolute atomic E-state index is 0.0192. The second kappa shape index (κ2) is 13.3. The minimum atomic E-state index is -3.55. The summed E-state index contributed by atoms with van der Waals surface area (Å²) < 4.78 is 34.5. The van der Waals surface area contributed by atoms with Gasteiger partial charge in [0.1, 0.15) is 18.3 Å². The van der Waals surface area contributed by atoms with Gasteiger partial charge in [0.15, 0.2) is 30.8 Å². The van der Waals surface area contributed by atoms with Crippen LogP contribution in [0.25, 0.3) is 0 Å². The third-order valence-electron chi connectivity index (χ3n) is 6.62. The standard InChI is InChI=1S/C20H25N4O18P/c1-5-3-23(19(30)21-13(5)27)15-8(26)7(25)9(36-15)17(29)41-43(35)42-18(40-34)12-10(38-32)11(39-33)16(37-12)24-4-6(2)14(28)22-20(24)31/h3-4,7-12,15-18,25-26,29H,1-2H3,(H4-,21,22,27,28,30,31,32,33,34)/p+1/t7?,8?,9-,10?,11?,12-,15+,16+,17?,18?/m0/s1. The molecule has 43 heavy (non-hydrogen) atoms. The molecule has 0 aliphatic carbocycles. The maximum atomic E-state index is 12.6. The third-order valence-corrected chi connectivity index (χ3v) is 7.39. The normalized spacial score (nSPS) is 30.8. The third kappa shape index (κ3) is 6.43. The van der Waals surface area contributed by atoms with Gasteiger partial charge in [0, 0.05) is 28.1 Å². The monoisotopic (exact) mass is 641 g/mol. The molecular weight excluding hydrogens is 615 g/mol. The molecule has 11 atom stereocenters. The van der Waals surface area contributed by atoms with E-state index in [9.17, 15) is 54.8 Å². The molecule has 4 heterocycles. The Kier molecular flexibility index (Phi) is 10.2. The van der Waals surface area contributed by atoms with Crippen molar-refractivity contribution in [3.63, 3.8) is 0 Å². The van der Waals surface area contributed by atoms with Crippen molar-refractivity contribution in [2.75, 3.05) is 0 Å². The van der Waals surface area contributed by atoms with Crippen LogP contribution in [-0.2, 0) is 37.7 Å². The molecule has 2 saturated heterocycles. The highest BCUT2D eigenvalue weighted by Gasteiger charge is 2.56. The zero-order chi connectivity index (χ0) is 31.7. The molecule has 2 aromatic rings. The van der Waals surface area contributed by atoms with Gasteiger partial charge < -0.3 is 24.8 Å². The topological polar surface area (TPSA) is 313 Å². The number of nitrogens with zero attached hydrogens (tertiary/aromatic N) is 2. The predicted octanol–water partition coefficient (Wildman–Crippen LogP) is -3.24. The quantitative estimate of drug-likeness (QED) is 0.0517. The number of aromatic nitrogens is 4. The summed E-state index contributed by atoms with van der Waals surface area (Å²) in [4.78, 5) is 64.3. The summed E-state index contributed by atoms with van der Waals surface area (Å²) in [6, 6.07) is 0. The number of rotatable bonds is 11. The summed E-state index contributed by atoms with van der Waals surface area (Å²) in [7, 11) is -3.55. The van der Waals surface area contributed by atoms with Gasteiger partial charge in [-0.25, -0.2) is 24.6 Å². The van der Waals surface area contributed by atoms with Crippen LogP contribution in [0.3, 0.4) is 0 Å². The summed E-state index contributed by atoms with van der Waals surface area (Å²) in [5.74, 6) is 0. The first kappa shape index (κ1) is 32.8. The molecule has 2 fully saturated rings. The van der Waals surface area contributed by atoms with E-state index in [2.05, 4.69) is 14.7 Å². The van der Waals surface area contributed by atoms with E-state index in [0.29, 0.717) is 0 Å². The Morgan fingerprint density at radius 3 is 1.84 bits per heavy atom. The molecule has 0 saturated carbocycles. The molecule has 8 N–H and O–H groups in total. The number of aliphatic hydroxyl groups excluding tert-OH is 3. The fourth-order valence-corrected chi connectivity index (χ4v) is 5.11. The van der Waals surface area contributed by atoms with Crippen molar-refractivity contribution in [2.24, 2.45) is 0 Å². The van der Waals surface area contributed by atoms with Gasteiger partial charge in [0.05, 0.1) is 0 Å². The van der Waals surface area contributed by atoms with Gasteiger partial charge in [-0.05, 0) is 13.8 Å². The van der Waals surface area contributed by atoms with Crippen molar-refractivity contribution in [3.05, 3.63) is 65.2 Å². The van der Waals surface area contributed by atoms with Gasteiger partial charge in [-0.1, -0.05) is 9.05 Å². The fourth-order valence-electron chi connectivity index (χ4n) is 4.44. The Balaban J connectivity index is 1.47. The first-order chi connectivity index (χ1) is 20.3. The molecule has 0 spiro atoms. The Morgan fingerprint density at radius 2 is 1.33 bits per heavy atom. The van der Waals surface area contributed by atoms with Gasteiger partial charge in [0.25, 0.3) is 17.4 Å². The van der Waals surface area contributed by atoms with E-state index in [-0.39, 0.29) is 11.1 Å². The van der Waals surface area contributed by atoms with Crippen LogP contribution in [0.4, 0.5) is 0 Å². The van der Waals surface area contributed by atoms with Gasteiger partial charge in [0.2, 0.25) is 6.29 Å². The van der Waals surface area contributed by atoms with Gasteiger partial charge in [-0.2, -0.15) is 4.89 Å². The molecule has 0 aromatic carbocycles. The number of aromatic amines is 2. The number of H-pyrrole nitrogens is 2. The molecular formula is C20H26N4O18P+. The summed E-state index contributed by atoms with van der Waals surface area (Å²) in [5.41, 5.74) is -3.45. The van der Waals surface area contributed by atoms with Crippen molar-refractivity contribution in [3.8, 4) is 0 Å². The van der Waals surface area contributed by atoms with Crippen LogP contribution in [-0.4, -0.2) is 99.4 Å². The number of hydrogen-bond donors (Lipinski definition) is 8. The smallest absolute Gasteiger partial charge is 0.387 e.